The van der Waals surface area contributed by atoms with Crippen molar-refractivity contribution in [2.45, 2.75) is 20.3 Å². The van der Waals surface area contributed by atoms with Crippen molar-refractivity contribution in [3.05, 3.63) is 29.3 Å². The van der Waals surface area contributed by atoms with Crippen LogP contribution in [0.25, 0.3) is 0 Å². The molecule has 1 aliphatic rings. The second-order valence-corrected chi connectivity index (χ2v) is 4.71. The number of carbonyl (C=O) groups is 2. The number of nitrogens with zero attached hydrogens (tertiary/aromatic N) is 1. The lowest BCUT2D eigenvalue weighted by molar-refractivity contribution is 0.0648. The van der Waals surface area contributed by atoms with Gasteiger partial charge in [-0.25, -0.2) is 0 Å². The van der Waals surface area contributed by atoms with Crippen LogP contribution in [0.1, 0.15) is 41.0 Å². The van der Waals surface area contributed by atoms with E-state index in [0.717, 1.165) is 6.42 Å². The zero-order valence-corrected chi connectivity index (χ0v) is 10.1. The van der Waals surface area contributed by atoms with Gasteiger partial charge in [-0.3, -0.25) is 14.5 Å². The molecular weight excluding hydrogens is 216 g/mol. The molecule has 4 nitrogen and oxygen atoms in total. The Morgan fingerprint density at radius 1 is 1.24 bits per heavy atom. The maximum Gasteiger partial charge on any atom is 0.263 e. The summed E-state index contributed by atoms with van der Waals surface area (Å²) < 4.78 is 0. The Bertz CT molecular complexity index is 480. The van der Waals surface area contributed by atoms with Crippen molar-refractivity contribution >= 4 is 17.5 Å². The molecule has 1 aromatic carbocycles. The van der Waals surface area contributed by atoms with Crippen LogP contribution in [0.3, 0.4) is 0 Å². The normalized spacial score (nSPS) is 14.6. The topological polar surface area (TPSA) is 63.4 Å². The van der Waals surface area contributed by atoms with E-state index in [9.17, 15) is 9.59 Å². The first-order valence-corrected chi connectivity index (χ1v) is 5.77. The Morgan fingerprint density at radius 2 is 1.94 bits per heavy atom. The number of benzene rings is 1. The highest BCUT2D eigenvalue weighted by Gasteiger charge is 2.36. The lowest BCUT2D eigenvalue weighted by atomic mass is 10.1. The molecule has 0 aromatic heterocycles. The van der Waals surface area contributed by atoms with E-state index in [4.69, 9.17) is 5.73 Å². The predicted molar refractivity (Wildman–Crippen MR) is 65.7 cm³/mol. The number of carbonyl (C=O) groups excluding carboxylic acids is 2. The summed E-state index contributed by atoms with van der Waals surface area (Å²) in [5, 5.41) is 0. The molecule has 90 valence electrons. The Morgan fingerprint density at radius 3 is 2.53 bits per heavy atom. The molecule has 0 aliphatic carbocycles. The molecular formula is C13H16N2O2. The first kappa shape index (κ1) is 11.6. The van der Waals surface area contributed by atoms with Crippen molar-refractivity contribution in [3.8, 4) is 0 Å². The standard InChI is InChI=1S/C13H16N2O2/c1-8(2)6-7-15-12(16)9-4-3-5-10(14)11(9)13(15)17/h3-5,8H,6-7,14H2,1-2H3. The number of amides is 2. The summed E-state index contributed by atoms with van der Waals surface area (Å²) >= 11 is 0. The molecule has 2 N–H and O–H groups in total. The zero-order valence-electron chi connectivity index (χ0n) is 10.1. The van der Waals surface area contributed by atoms with Crippen molar-refractivity contribution in [3.63, 3.8) is 0 Å². The number of rotatable bonds is 3. The molecule has 1 aromatic rings. The highest BCUT2D eigenvalue weighted by Crippen LogP contribution is 2.27. The molecule has 1 aliphatic heterocycles. The van der Waals surface area contributed by atoms with E-state index >= 15 is 0 Å². The summed E-state index contributed by atoms with van der Waals surface area (Å²) in [4.78, 5) is 25.4. The third-order valence-electron chi connectivity index (χ3n) is 2.96. The Kier molecular flexibility index (Phi) is 2.88. The van der Waals surface area contributed by atoms with Crippen LogP contribution in [-0.4, -0.2) is 23.3 Å². The molecule has 2 rings (SSSR count). The summed E-state index contributed by atoms with van der Waals surface area (Å²) in [6.07, 6.45) is 0.811. The summed E-state index contributed by atoms with van der Waals surface area (Å²) in [6, 6.07) is 5.00. The fourth-order valence-electron chi connectivity index (χ4n) is 1.95. The van der Waals surface area contributed by atoms with Crippen molar-refractivity contribution in [2.75, 3.05) is 12.3 Å². The third-order valence-corrected chi connectivity index (χ3v) is 2.96. The van der Waals surface area contributed by atoms with Gasteiger partial charge in [0.25, 0.3) is 11.8 Å². The van der Waals surface area contributed by atoms with Crippen molar-refractivity contribution in [1.29, 1.82) is 0 Å². The first-order valence-electron chi connectivity index (χ1n) is 5.77. The van der Waals surface area contributed by atoms with Gasteiger partial charge in [0.1, 0.15) is 0 Å². The third kappa shape index (κ3) is 1.90. The molecule has 17 heavy (non-hydrogen) atoms. The molecule has 0 saturated heterocycles. The Hall–Kier alpha value is -1.84. The van der Waals surface area contributed by atoms with Gasteiger partial charge in [0.15, 0.2) is 0 Å². The minimum atomic E-state index is -0.260. The largest absolute Gasteiger partial charge is 0.398 e. The van der Waals surface area contributed by atoms with Crippen LogP contribution < -0.4 is 5.73 Å². The van der Waals surface area contributed by atoms with Gasteiger partial charge in [-0.15, -0.1) is 0 Å². The van der Waals surface area contributed by atoms with E-state index in [1.165, 1.54) is 4.90 Å². The Balaban J connectivity index is 2.30. The van der Waals surface area contributed by atoms with Gasteiger partial charge in [0.2, 0.25) is 0 Å². The number of hydrogen-bond acceptors (Lipinski definition) is 3. The fourth-order valence-corrected chi connectivity index (χ4v) is 1.95. The molecule has 0 bridgehead atoms. The second kappa shape index (κ2) is 4.20. The van der Waals surface area contributed by atoms with E-state index in [1.54, 1.807) is 18.2 Å². The predicted octanol–water partition coefficient (Wildman–Crippen LogP) is 1.91. The van der Waals surface area contributed by atoms with Crippen LogP contribution in [0, 0.1) is 5.92 Å². The molecule has 0 atom stereocenters. The van der Waals surface area contributed by atoms with Gasteiger partial charge < -0.3 is 5.73 Å². The zero-order chi connectivity index (χ0) is 12.6. The molecule has 0 saturated carbocycles. The van der Waals surface area contributed by atoms with E-state index in [1.807, 2.05) is 0 Å². The fraction of sp³-hybridized carbons (Fsp3) is 0.385. The van der Waals surface area contributed by atoms with Crippen LogP contribution in [0.2, 0.25) is 0 Å². The average Bonchev–Trinajstić information content (AvgIpc) is 2.50. The van der Waals surface area contributed by atoms with Crippen molar-refractivity contribution in [1.82, 2.24) is 4.90 Å². The SMILES string of the molecule is CC(C)CCN1C(=O)c2cccc(N)c2C1=O. The number of nitrogens with two attached hydrogens (primary N) is 1. The van der Waals surface area contributed by atoms with E-state index in [-0.39, 0.29) is 11.8 Å². The van der Waals surface area contributed by atoms with Crippen molar-refractivity contribution < 1.29 is 9.59 Å². The number of hydrogen-bond donors (Lipinski definition) is 1. The lowest BCUT2D eigenvalue weighted by Crippen LogP contribution is -2.31. The van der Waals surface area contributed by atoms with Crippen LogP contribution in [-0.2, 0) is 0 Å². The summed E-state index contributed by atoms with van der Waals surface area (Å²) in [7, 11) is 0. The van der Waals surface area contributed by atoms with Crippen LogP contribution in [0.5, 0.6) is 0 Å². The number of imide groups is 1. The minimum Gasteiger partial charge on any atom is -0.398 e. The molecule has 0 unspecified atom stereocenters. The maximum absolute atomic E-state index is 12.1. The number of nitrogen functional groups attached to an aromatic ring is 1. The summed E-state index contributed by atoms with van der Waals surface area (Å²) in [5.74, 6) is -0.0293. The molecule has 1 heterocycles. The van der Waals surface area contributed by atoms with Gasteiger partial charge in [-0.1, -0.05) is 19.9 Å². The second-order valence-electron chi connectivity index (χ2n) is 4.71. The van der Waals surface area contributed by atoms with Gasteiger partial charge in [-0.05, 0) is 24.5 Å². The summed E-state index contributed by atoms with van der Waals surface area (Å²) in [5.41, 5.74) is 6.92. The van der Waals surface area contributed by atoms with Crippen LogP contribution in [0.4, 0.5) is 5.69 Å². The van der Waals surface area contributed by atoms with Crippen LogP contribution in [0.15, 0.2) is 18.2 Å². The quantitative estimate of drug-likeness (QED) is 0.639. The van der Waals surface area contributed by atoms with Crippen LogP contribution >= 0.6 is 0 Å². The van der Waals surface area contributed by atoms with Gasteiger partial charge in [0.05, 0.1) is 11.1 Å². The number of fused-ring (bicyclic) bond motifs is 1. The molecule has 0 radical (unpaired) electrons. The van der Waals surface area contributed by atoms with Gasteiger partial charge >= 0.3 is 0 Å². The molecule has 0 fully saturated rings. The molecule has 0 spiro atoms. The maximum atomic E-state index is 12.1. The highest BCUT2D eigenvalue weighted by molar-refractivity contribution is 6.23. The molecule has 4 heteroatoms. The van der Waals surface area contributed by atoms with Gasteiger partial charge in [-0.2, -0.15) is 0 Å². The van der Waals surface area contributed by atoms with E-state index in [0.29, 0.717) is 29.3 Å². The molecule has 2 amide bonds. The summed E-state index contributed by atoms with van der Waals surface area (Å²) in [6.45, 7) is 4.59. The Labute approximate surface area is 100 Å². The number of anilines is 1. The first-order chi connectivity index (χ1) is 8.02. The van der Waals surface area contributed by atoms with Gasteiger partial charge in [0, 0.05) is 12.2 Å². The van der Waals surface area contributed by atoms with Crippen molar-refractivity contribution in [2.24, 2.45) is 5.92 Å². The average molecular weight is 232 g/mol. The monoisotopic (exact) mass is 232 g/mol. The van der Waals surface area contributed by atoms with E-state index in [2.05, 4.69) is 13.8 Å². The highest BCUT2D eigenvalue weighted by atomic mass is 16.2. The van der Waals surface area contributed by atoms with E-state index < -0.39 is 0 Å². The lowest BCUT2D eigenvalue weighted by Gasteiger charge is -2.14. The smallest absolute Gasteiger partial charge is 0.263 e. The minimum absolute atomic E-state index is 0.224.